The number of anilines is 2. The molecule has 2 amide bonds. The van der Waals surface area contributed by atoms with Crippen molar-refractivity contribution in [3.05, 3.63) is 70.4 Å². The molecule has 4 aromatic rings. The van der Waals surface area contributed by atoms with Crippen molar-refractivity contribution in [2.24, 2.45) is 0 Å². The van der Waals surface area contributed by atoms with Crippen molar-refractivity contribution < 1.29 is 14.3 Å². The maximum Gasteiger partial charge on any atom is 0.257 e. The number of benzene rings is 2. The molecule has 1 fully saturated rings. The van der Waals surface area contributed by atoms with Gasteiger partial charge in [0.05, 0.1) is 16.9 Å². The van der Waals surface area contributed by atoms with E-state index < -0.39 is 0 Å². The standard InChI is InChI=1S/C27H26N6O3S/c1-31-19-9-4-3-8-18(19)26(35)32-13-12-17-16-7-2-5-10-20(16)33(23(17)25(31)32)15-22(34)28-27-30-29-24(37-27)21-11-6-14-36-21/h2-5,7-10,21,25H,6,11-15H2,1H3,(H,28,30,34). The van der Waals surface area contributed by atoms with Gasteiger partial charge in [0, 0.05) is 31.1 Å². The third-order valence-corrected chi connectivity index (χ3v) is 8.53. The van der Waals surface area contributed by atoms with Crippen LogP contribution in [0.5, 0.6) is 0 Å². The smallest absolute Gasteiger partial charge is 0.257 e. The van der Waals surface area contributed by atoms with Crippen molar-refractivity contribution in [1.29, 1.82) is 0 Å². The molecule has 37 heavy (non-hydrogen) atoms. The first-order chi connectivity index (χ1) is 18.1. The minimum Gasteiger partial charge on any atom is -0.371 e. The van der Waals surface area contributed by atoms with Gasteiger partial charge in [-0.3, -0.25) is 14.9 Å². The Labute approximate surface area is 217 Å². The van der Waals surface area contributed by atoms with E-state index in [9.17, 15) is 9.59 Å². The SMILES string of the molecule is CN1c2ccccc2C(=O)N2CCc3c(n(CC(=O)Nc4nnc(C5CCCO5)s4)c4ccccc34)C21. The molecule has 7 rings (SSSR count). The van der Waals surface area contributed by atoms with E-state index in [1.54, 1.807) is 0 Å². The van der Waals surface area contributed by atoms with Gasteiger partial charge in [-0.2, -0.15) is 0 Å². The van der Waals surface area contributed by atoms with E-state index in [4.69, 9.17) is 4.74 Å². The Hall–Kier alpha value is -3.76. The van der Waals surface area contributed by atoms with E-state index in [1.807, 2.05) is 54.4 Å². The van der Waals surface area contributed by atoms with Crippen molar-refractivity contribution >= 4 is 44.9 Å². The lowest BCUT2D eigenvalue weighted by atomic mass is 9.96. The molecule has 5 heterocycles. The third kappa shape index (κ3) is 3.54. The van der Waals surface area contributed by atoms with Crippen molar-refractivity contribution in [1.82, 2.24) is 19.7 Å². The molecule has 3 aliphatic rings. The minimum atomic E-state index is -0.293. The molecule has 1 N–H and O–H groups in total. The third-order valence-electron chi connectivity index (χ3n) is 7.60. The quantitative estimate of drug-likeness (QED) is 0.440. The molecule has 9 nitrogen and oxygen atoms in total. The summed E-state index contributed by atoms with van der Waals surface area (Å²) in [6.45, 7) is 1.47. The lowest BCUT2D eigenvalue weighted by Crippen LogP contribution is -2.51. The summed E-state index contributed by atoms with van der Waals surface area (Å²) in [7, 11) is 2.02. The summed E-state index contributed by atoms with van der Waals surface area (Å²) in [4.78, 5) is 30.9. The second kappa shape index (κ2) is 8.67. The van der Waals surface area contributed by atoms with Crippen molar-refractivity contribution in [3.8, 4) is 0 Å². The van der Waals surface area contributed by atoms with Crippen LogP contribution in [-0.2, 0) is 22.5 Å². The topological polar surface area (TPSA) is 92.6 Å². The molecular weight excluding hydrogens is 488 g/mol. The summed E-state index contributed by atoms with van der Waals surface area (Å²) in [5, 5.41) is 13.7. The number of nitrogens with zero attached hydrogens (tertiary/aromatic N) is 5. The van der Waals surface area contributed by atoms with Crippen LogP contribution >= 0.6 is 11.3 Å². The molecule has 2 aromatic carbocycles. The zero-order chi connectivity index (χ0) is 25.1. The number of aromatic nitrogens is 3. The van der Waals surface area contributed by atoms with Gasteiger partial charge in [-0.1, -0.05) is 41.7 Å². The summed E-state index contributed by atoms with van der Waals surface area (Å²) < 4.78 is 7.77. The lowest BCUT2D eigenvalue weighted by molar-refractivity contribution is -0.116. The molecule has 0 aliphatic carbocycles. The van der Waals surface area contributed by atoms with E-state index in [0.29, 0.717) is 17.2 Å². The molecule has 0 bridgehead atoms. The summed E-state index contributed by atoms with van der Waals surface area (Å²) >= 11 is 1.37. The number of nitrogens with one attached hydrogen (secondary N) is 1. The number of rotatable bonds is 4. The van der Waals surface area contributed by atoms with Crippen molar-refractivity contribution in [3.63, 3.8) is 0 Å². The van der Waals surface area contributed by atoms with E-state index in [0.717, 1.165) is 53.2 Å². The van der Waals surface area contributed by atoms with Gasteiger partial charge < -0.3 is 19.1 Å². The number of fused-ring (bicyclic) bond motifs is 6. The molecule has 1 saturated heterocycles. The molecule has 0 saturated carbocycles. The van der Waals surface area contributed by atoms with Crippen LogP contribution in [-0.4, -0.2) is 51.7 Å². The summed E-state index contributed by atoms with van der Waals surface area (Å²) in [6.07, 6.45) is 2.36. The first kappa shape index (κ1) is 22.4. The van der Waals surface area contributed by atoms with Crippen LogP contribution in [0.4, 0.5) is 10.8 Å². The highest BCUT2D eigenvalue weighted by molar-refractivity contribution is 7.15. The first-order valence-electron chi connectivity index (χ1n) is 12.6. The highest BCUT2D eigenvalue weighted by Crippen LogP contribution is 2.44. The highest BCUT2D eigenvalue weighted by Gasteiger charge is 2.42. The molecule has 10 heteroatoms. The van der Waals surface area contributed by atoms with Crippen LogP contribution in [0.25, 0.3) is 10.9 Å². The first-order valence-corrected chi connectivity index (χ1v) is 13.4. The largest absolute Gasteiger partial charge is 0.371 e. The fourth-order valence-electron chi connectivity index (χ4n) is 5.97. The van der Waals surface area contributed by atoms with Crippen LogP contribution in [0.1, 0.15) is 51.7 Å². The Balaban J connectivity index is 1.26. The van der Waals surface area contributed by atoms with Gasteiger partial charge in [-0.05, 0) is 43.0 Å². The predicted octanol–water partition coefficient (Wildman–Crippen LogP) is 4.13. The molecule has 0 spiro atoms. The van der Waals surface area contributed by atoms with Crippen molar-refractivity contribution in [2.45, 2.75) is 38.1 Å². The Morgan fingerprint density at radius 2 is 2.00 bits per heavy atom. The molecule has 2 unspecified atom stereocenters. The predicted molar refractivity (Wildman–Crippen MR) is 141 cm³/mol. The van der Waals surface area contributed by atoms with Crippen LogP contribution in [0, 0.1) is 0 Å². The highest BCUT2D eigenvalue weighted by atomic mass is 32.1. The summed E-state index contributed by atoms with van der Waals surface area (Å²) in [5.41, 5.74) is 4.79. The van der Waals surface area contributed by atoms with Crippen molar-refractivity contribution in [2.75, 3.05) is 30.4 Å². The average molecular weight is 515 g/mol. The van der Waals surface area contributed by atoms with Gasteiger partial charge in [0.2, 0.25) is 11.0 Å². The van der Waals surface area contributed by atoms with Crippen LogP contribution in [0.2, 0.25) is 0 Å². The summed E-state index contributed by atoms with van der Waals surface area (Å²) in [5.74, 6) is -0.151. The lowest BCUT2D eigenvalue weighted by Gasteiger charge is -2.46. The normalized spacial score (nSPS) is 20.6. The Morgan fingerprint density at radius 3 is 2.86 bits per heavy atom. The number of hydrogen-bond acceptors (Lipinski definition) is 7. The van der Waals surface area contributed by atoms with E-state index in [2.05, 4.69) is 31.0 Å². The minimum absolute atomic E-state index is 0.0288. The zero-order valence-corrected chi connectivity index (χ0v) is 21.2. The van der Waals surface area contributed by atoms with Gasteiger partial charge >= 0.3 is 0 Å². The Bertz CT molecular complexity index is 1540. The average Bonchev–Trinajstić information content (AvgIpc) is 3.67. The number of hydrogen-bond donors (Lipinski definition) is 1. The molecule has 3 aliphatic heterocycles. The van der Waals surface area contributed by atoms with E-state index in [1.165, 1.54) is 16.9 Å². The maximum absolute atomic E-state index is 13.5. The molecular formula is C27H26N6O3S. The number of carbonyl (C=O) groups is 2. The number of amides is 2. The Kier molecular flexibility index (Phi) is 5.26. The Morgan fingerprint density at radius 1 is 1.16 bits per heavy atom. The van der Waals surface area contributed by atoms with Gasteiger partial charge in [0.15, 0.2) is 0 Å². The van der Waals surface area contributed by atoms with Gasteiger partial charge in [-0.25, -0.2) is 0 Å². The van der Waals surface area contributed by atoms with Gasteiger partial charge in [-0.15, -0.1) is 10.2 Å². The number of ether oxygens (including phenoxy) is 1. The van der Waals surface area contributed by atoms with E-state index in [-0.39, 0.29) is 30.6 Å². The fraction of sp³-hybridized carbons (Fsp3) is 0.333. The second-order valence-corrected chi connectivity index (χ2v) is 10.7. The monoisotopic (exact) mass is 514 g/mol. The summed E-state index contributed by atoms with van der Waals surface area (Å²) in [6, 6.07) is 15.9. The second-order valence-electron chi connectivity index (χ2n) is 9.71. The number of para-hydroxylation sites is 2. The number of carbonyl (C=O) groups excluding carboxylic acids is 2. The fourth-order valence-corrected chi connectivity index (χ4v) is 6.81. The molecule has 2 aromatic heterocycles. The molecule has 0 radical (unpaired) electrons. The van der Waals surface area contributed by atoms with E-state index >= 15 is 0 Å². The van der Waals surface area contributed by atoms with Gasteiger partial charge in [0.1, 0.15) is 23.8 Å². The van der Waals surface area contributed by atoms with Crippen LogP contribution in [0.15, 0.2) is 48.5 Å². The van der Waals surface area contributed by atoms with Crippen LogP contribution in [0.3, 0.4) is 0 Å². The van der Waals surface area contributed by atoms with Gasteiger partial charge in [0.25, 0.3) is 5.91 Å². The van der Waals surface area contributed by atoms with Crippen LogP contribution < -0.4 is 10.2 Å². The maximum atomic E-state index is 13.5. The molecule has 188 valence electrons. The molecule has 2 atom stereocenters. The zero-order valence-electron chi connectivity index (χ0n) is 20.4.